The zero-order chi connectivity index (χ0) is 16.7. The van der Waals surface area contributed by atoms with Crippen LogP contribution in [0.1, 0.15) is 12.5 Å². The molecular formula is C18H22N2O3. The molecule has 0 aliphatic heterocycles. The number of aryl methyl sites for hydroxylation is 1. The van der Waals surface area contributed by atoms with Gasteiger partial charge in [0.05, 0.1) is 31.6 Å². The number of ether oxygens (including phenoxy) is 2. The lowest BCUT2D eigenvalue weighted by Crippen LogP contribution is -2.22. The number of hydrogen-bond donors (Lipinski definition) is 2. The summed E-state index contributed by atoms with van der Waals surface area (Å²) in [6.07, 6.45) is 0. The van der Waals surface area contributed by atoms with Crippen molar-refractivity contribution >= 4 is 17.3 Å². The number of methoxy groups -OCH3 is 1. The quantitative estimate of drug-likeness (QED) is 0.822. The summed E-state index contributed by atoms with van der Waals surface area (Å²) in [5.74, 6) is 1.22. The Morgan fingerprint density at radius 3 is 2.61 bits per heavy atom. The lowest BCUT2D eigenvalue weighted by Gasteiger charge is -2.13. The van der Waals surface area contributed by atoms with Crippen molar-refractivity contribution in [1.29, 1.82) is 0 Å². The van der Waals surface area contributed by atoms with Crippen LogP contribution in [0.4, 0.5) is 11.4 Å². The summed E-state index contributed by atoms with van der Waals surface area (Å²) >= 11 is 0. The van der Waals surface area contributed by atoms with Crippen LogP contribution in [0.25, 0.3) is 0 Å². The van der Waals surface area contributed by atoms with Gasteiger partial charge in [-0.1, -0.05) is 18.2 Å². The largest absolute Gasteiger partial charge is 0.495 e. The lowest BCUT2D eigenvalue weighted by atomic mass is 10.2. The van der Waals surface area contributed by atoms with Gasteiger partial charge in [-0.15, -0.1) is 0 Å². The number of hydrogen-bond acceptors (Lipinski definition) is 4. The molecule has 0 aromatic heterocycles. The third-order valence-corrected chi connectivity index (χ3v) is 3.26. The maximum Gasteiger partial charge on any atom is 0.243 e. The predicted octanol–water partition coefficient (Wildman–Crippen LogP) is 3.45. The molecule has 0 unspecified atom stereocenters. The minimum Gasteiger partial charge on any atom is -0.495 e. The third-order valence-electron chi connectivity index (χ3n) is 3.26. The number of nitrogens with one attached hydrogen (secondary N) is 2. The number of benzene rings is 2. The average molecular weight is 314 g/mol. The van der Waals surface area contributed by atoms with Gasteiger partial charge >= 0.3 is 0 Å². The predicted molar refractivity (Wildman–Crippen MR) is 92.5 cm³/mol. The first kappa shape index (κ1) is 16.7. The van der Waals surface area contributed by atoms with Gasteiger partial charge in [0.1, 0.15) is 11.5 Å². The van der Waals surface area contributed by atoms with Crippen molar-refractivity contribution < 1.29 is 14.3 Å². The van der Waals surface area contributed by atoms with Crippen LogP contribution in [0, 0.1) is 6.92 Å². The standard InChI is InChI=1S/C18H22N2O3/c1-4-23-17-8-6-5-7-14(17)20-18(21)12-19-15-11-13(2)9-10-16(15)22-3/h5-11,19H,4,12H2,1-3H3,(H,20,21). The molecule has 5 heteroatoms. The second-order valence-electron chi connectivity index (χ2n) is 5.03. The van der Waals surface area contributed by atoms with E-state index in [9.17, 15) is 4.79 Å². The van der Waals surface area contributed by atoms with Crippen LogP contribution in [0.2, 0.25) is 0 Å². The maximum atomic E-state index is 12.2. The van der Waals surface area contributed by atoms with Crippen molar-refractivity contribution in [3.8, 4) is 11.5 Å². The Hall–Kier alpha value is -2.69. The van der Waals surface area contributed by atoms with Crippen LogP contribution < -0.4 is 20.1 Å². The number of carbonyl (C=O) groups excluding carboxylic acids is 1. The van der Waals surface area contributed by atoms with E-state index < -0.39 is 0 Å². The van der Waals surface area contributed by atoms with Gasteiger partial charge in [-0.3, -0.25) is 4.79 Å². The van der Waals surface area contributed by atoms with Crippen molar-refractivity contribution in [2.24, 2.45) is 0 Å². The van der Waals surface area contributed by atoms with Gasteiger partial charge in [-0.05, 0) is 43.7 Å². The number of carbonyl (C=O) groups is 1. The molecule has 2 N–H and O–H groups in total. The summed E-state index contributed by atoms with van der Waals surface area (Å²) in [6.45, 7) is 4.58. The molecule has 0 saturated carbocycles. The Morgan fingerprint density at radius 1 is 1.09 bits per heavy atom. The van der Waals surface area contributed by atoms with E-state index in [0.717, 1.165) is 11.3 Å². The number of amides is 1. The summed E-state index contributed by atoms with van der Waals surface area (Å²) in [6, 6.07) is 13.2. The topological polar surface area (TPSA) is 59.6 Å². The molecule has 0 fully saturated rings. The maximum absolute atomic E-state index is 12.2. The van der Waals surface area contributed by atoms with Crippen molar-refractivity contribution in [1.82, 2.24) is 0 Å². The van der Waals surface area contributed by atoms with Gasteiger partial charge in [0.15, 0.2) is 0 Å². The Balaban J connectivity index is 2.00. The minimum atomic E-state index is -0.152. The van der Waals surface area contributed by atoms with E-state index >= 15 is 0 Å². The summed E-state index contributed by atoms with van der Waals surface area (Å²) in [4.78, 5) is 12.2. The highest BCUT2D eigenvalue weighted by Gasteiger charge is 2.09. The van der Waals surface area contributed by atoms with Crippen LogP contribution >= 0.6 is 0 Å². The Labute approximate surface area is 136 Å². The van der Waals surface area contributed by atoms with Gasteiger partial charge in [0.25, 0.3) is 0 Å². The van der Waals surface area contributed by atoms with E-state index in [1.807, 2.05) is 56.3 Å². The van der Waals surface area contributed by atoms with Crippen LogP contribution in [-0.4, -0.2) is 26.2 Å². The fraction of sp³-hybridized carbons (Fsp3) is 0.278. The molecule has 0 spiro atoms. The van der Waals surface area contributed by atoms with Crippen molar-refractivity contribution in [3.63, 3.8) is 0 Å². The van der Waals surface area contributed by atoms with E-state index in [1.165, 1.54) is 0 Å². The first-order valence-electron chi connectivity index (χ1n) is 7.54. The SMILES string of the molecule is CCOc1ccccc1NC(=O)CNc1cc(C)ccc1OC. The van der Waals surface area contributed by atoms with Gasteiger partial charge in [0, 0.05) is 0 Å². The number of para-hydroxylation sites is 2. The molecule has 0 radical (unpaired) electrons. The second-order valence-corrected chi connectivity index (χ2v) is 5.03. The minimum absolute atomic E-state index is 0.139. The first-order chi connectivity index (χ1) is 11.1. The summed E-state index contributed by atoms with van der Waals surface area (Å²) < 4.78 is 10.8. The zero-order valence-corrected chi connectivity index (χ0v) is 13.7. The van der Waals surface area contributed by atoms with E-state index in [0.29, 0.717) is 23.8 Å². The smallest absolute Gasteiger partial charge is 0.243 e. The van der Waals surface area contributed by atoms with E-state index in [2.05, 4.69) is 10.6 Å². The van der Waals surface area contributed by atoms with Gasteiger partial charge in [-0.2, -0.15) is 0 Å². The molecule has 0 aliphatic carbocycles. The third kappa shape index (κ3) is 4.64. The Morgan fingerprint density at radius 2 is 1.87 bits per heavy atom. The van der Waals surface area contributed by atoms with Crippen LogP contribution in [-0.2, 0) is 4.79 Å². The molecule has 23 heavy (non-hydrogen) atoms. The van der Waals surface area contributed by atoms with E-state index in [1.54, 1.807) is 7.11 Å². The van der Waals surface area contributed by atoms with Crippen molar-refractivity contribution in [3.05, 3.63) is 48.0 Å². The molecule has 0 heterocycles. The molecule has 2 aromatic carbocycles. The van der Waals surface area contributed by atoms with Crippen LogP contribution in [0.3, 0.4) is 0 Å². The molecule has 2 aromatic rings. The molecule has 0 atom stereocenters. The summed E-state index contributed by atoms with van der Waals surface area (Å²) in [5.41, 5.74) is 2.55. The fourth-order valence-electron chi connectivity index (χ4n) is 2.18. The zero-order valence-electron chi connectivity index (χ0n) is 13.7. The van der Waals surface area contributed by atoms with E-state index in [-0.39, 0.29) is 12.5 Å². The number of rotatable bonds is 7. The fourth-order valence-corrected chi connectivity index (χ4v) is 2.18. The molecular weight excluding hydrogens is 292 g/mol. The summed E-state index contributed by atoms with van der Waals surface area (Å²) in [5, 5.41) is 5.95. The van der Waals surface area contributed by atoms with Gasteiger partial charge in [-0.25, -0.2) is 0 Å². The summed E-state index contributed by atoms with van der Waals surface area (Å²) in [7, 11) is 1.61. The molecule has 0 aliphatic rings. The van der Waals surface area contributed by atoms with Crippen LogP contribution in [0.5, 0.6) is 11.5 Å². The number of anilines is 2. The Kier molecular flexibility index (Phi) is 5.86. The molecule has 0 saturated heterocycles. The normalized spacial score (nSPS) is 10.0. The van der Waals surface area contributed by atoms with Crippen molar-refractivity contribution in [2.45, 2.75) is 13.8 Å². The molecule has 5 nitrogen and oxygen atoms in total. The highest BCUT2D eigenvalue weighted by Crippen LogP contribution is 2.26. The first-order valence-corrected chi connectivity index (χ1v) is 7.54. The van der Waals surface area contributed by atoms with Crippen molar-refractivity contribution in [2.75, 3.05) is 30.9 Å². The molecule has 2 rings (SSSR count). The molecule has 0 bridgehead atoms. The molecule has 122 valence electrons. The Bertz CT molecular complexity index is 671. The monoisotopic (exact) mass is 314 g/mol. The lowest BCUT2D eigenvalue weighted by molar-refractivity contribution is -0.114. The molecule has 1 amide bonds. The van der Waals surface area contributed by atoms with Crippen LogP contribution in [0.15, 0.2) is 42.5 Å². The van der Waals surface area contributed by atoms with Gasteiger partial charge < -0.3 is 20.1 Å². The van der Waals surface area contributed by atoms with E-state index in [4.69, 9.17) is 9.47 Å². The van der Waals surface area contributed by atoms with Gasteiger partial charge in [0.2, 0.25) is 5.91 Å². The second kappa shape index (κ2) is 8.08. The average Bonchev–Trinajstić information content (AvgIpc) is 2.55. The highest BCUT2D eigenvalue weighted by atomic mass is 16.5. The highest BCUT2D eigenvalue weighted by molar-refractivity contribution is 5.95.